The first-order valence-electron chi connectivity index (χ1n) is 10.1. The van der Waals surface area contributed by atoms with Crippen LogP contribution in [0.3, 0.4) is 0 Å². The monoisotopic (exact) mass is 422 g/mol. The van der Waals surface area contributed by atoms with Crippen LogP contribution in [0.15, 0.2) is 61.2 Å². The van der Waals surface area contributed by atoms with Gasteiger partial charge in [0.2, 0.25) is 0 Å². The Bertz CT molecular complexity index is 1150. The highest BCUT2D eigenvalue weighted by atomic mass is 19.1. The van der Waals surface area contributed by atoms with Gasteiger partial charge >= 0.3 is 0 Å². The lowest BCUT2D eigenvalue weighted by molar-refractivity contribution is -0.206. The van der Waals surface area contributed by atoms with Crippen molar-refractivity contribution in [3.8, 4) is 11.8 Å². The molecule has 3 aromatic carbocycles. The molecule has 0 amide bonds. The Balaban J connectivity index is 1.51. The van der Waals surface area contributed by atoms with Gasteiger partial charge in [0.25, 0.3) is 0 Å². The highest BCUT2D eigenvalue weighted by Gasteiger charge is 2.25. The second-order valence-electron chi connectivity index (χ2n) is 7.55. The molecular formula is C26H21F3O2. The van der Waals surface area contributed by atoms with Crippen LogP contribution in [0.4, 0.5) is 13.2 Å². The van der Waals surface area contributed by atoms with Crippen LogP contribution in [0.1, 0.15) is 35.8 Å². The van der Waals surface area contributed by atoms with Crippen molar-refractivity contribution in [3.63, 3.8) is 0 Å². The molecule has 0 aliphatic carbocycles. The van der Waals surface area contributed by atoms with Gasteiger partial charge in [-0.3, -0.25) is 0 Å². The molecule has 0 radical (unpaired) electrons. The Morgan fingerprint density at radius 3 is 2.29 bits per heavy atom. The van der Waals surface area contributed by atoms with E-state index in [1.54, 1.807) is 24.3 Å². The summed E-state index contributed by atoms with van der Waals surface area (Å²) in [5, 5.41) is 1.52. The van der Waals surface area contributed by atoms with E-state index in [4.69, 9.17) is 9.47 Å². The number of hydrogen-bond acceptors (Lipinski definition) is 2. The minimum Gasteiger partial charge on any atom is -0.348 e. The number of hydrogen-bond donors (Lipinski definition) is 0. The van der Waals surface area contributed by atoms with Gasteiger partial charge in [-0.15, -0.1) is 6.58 Å². The summed E-state index contributed by atoms with van der Waals surface area (Å²) in [6.07, 6.45) is 2.81. The van der Waals surface area contributed by atoms with E-state index in [0.717, 1.165) is 23.6 Å². The maximum atomic E-state index is 14.6. The average Bonchev–Trinajstić information content (AvgIpc) is 2.77. The second kappa shape index (κ2) is 9.38. The van der Waals surface area contributed by atoms with E-state index in [0.29, 0.717) is 18.8 Å². The maximum Gasteiger partial charge on any atom is 0.184 e. The van der Waals surface area contributed by atoms with Gasteiger partial charge in [0.15, 0.2) is 6.29 Å². The summed E-state index contributed by atoms with van der Waals surface area (Å²) in [6.45, 7) is 4.63. The van der Waals surface area contributed by atoms with Crippen molar-refractivity contribution >= 4 is 10.8 Å². The number of benzene rings is 3. The second-order valence-corrected chi connectivity index (χ2v) is 7.55. The normalized spacial score (nSPS) is 18.4. The van der Waals surface area contributed by atoms with E-state index < -0.39 is 17.9 Å². The zero-order valence-corrected chi connectivity index (χ0v) is 16.8. The molecule has 0 unspecified atom stereocenters. The molecule has 158 valence electrons. The Labute approximate surface area is 179 Å². The number of allylic oxidation sites excluding steroid dienone is 1. The van der Waals surface area contributed by atoms with E-state index in [9.17, 15) is 13.2 Å². The summed E-state index contributed by atoms with van der Waals surface area (Å²) in [7, 11) is 0. The lowest BCUT2D eigenvalue weighted by atomic mass is 10.0. The number of ether oxygens (including phenoxy) is 2. The summed E-state index contributed by atoms with van der Waals surface area (Å²) in [5.41, 5.74) is 0.546. The van der Waals surface area contributed by atoms with Gasteiger partial charge in [-0.1, -0.05) is 30.0 Å². The van der Waals surface area contributed by atoms with Crippen molar-refractivity contribution in [2.75, 3.05) is 13.2 Å². The summed E-state index contributed by atoms with van der Waals surface area (Å²) in [4.78, 5) is 0. The molecule has 0 saturated carbocycles. The van der Waals surface area contributed by atoms with E-state index in [1.807, 2.05) is 6.08 Å². The third kappa shape index (κ3) is 4.99. The van der Waals surface area contributed by atoms with Crippen molar-refractivity contribution in [2.45, 2.75) is 19.1 Å². The quantitative estimate of drug-likeness (QED) is 0.364. The van der Waals surface area contributed by atoms with Crippen molar-refractivity contribution in [1.29, 1.82) is 0 Å². The van der Waals surface area contributed by atoms with Gasteiger partial charge < -0.3 is 9.47 Å². The van der Waals surface area contributed by atoms with Crippen molar-refractivity contribution in [3.05, 3.63) is 95.3 Å². The summed E-state index contributed by atoms with van der Waals surface area (Å²) < 4.78 is 53.8. The summed E-state index contributed by atoms with van der Waals surface area (Å²) in [5.74, 6) is 3.72. The molecule has 1 saturated heterocycles. The average molecular weight is 422 g/mol. The minimum absolute atomic E-state index is 0.243. The molecule has 0 atom stereocenters. The molecule has 0 spiro atoms. The molecule has 5 heteroatoms. The Morgan fingerprint density at radius 2 is 1.58 bits per heavy atom. The lowest BCUT2D eigenvalue weighted by Gasteiger charge is -2.29. The summed E-state index contributed by atoms with van der Waals surface area (Å²) >= 11 is 0. The highest BCUT2D eigenvalue weighted by Crippen LogP contribution is 2.29. The van der Waals surface area contributed by atoms with Crippen LogP contribution in [0, 0.1) is 35.2 Å². The maximum absolute atomic E-state index is 14.6. The zero-order valence-electron chi connectivity index (χ0n) is 16.8. The SMILES string of the molecule is C=CCCC1COC(c2cc(F)c(C#Cc3ccc4cc(F)ccc4c3)c(F)c2)OC1. The van der Waals surface area contributed by atoms with Gasteiger partial charge in [-0.25, -0.2) is 13.2 Å². The molecule has 1 heterocycles. The molecule has 0 bridgehead atoms. The number of rotatable bonds is 4. The molecule has 1 aliphatic rings. The van der Waals surface area contributed by atoms with Crippen molar-refractivity contribution in [2.24, 2.45) is 5.92 Å². The highest BCUT2D eigenvalue weighted by molar-refractivity contribution is 5.84. The van der Waals surface area contributed by atoms with Crippen molar-refractivity contribution in [1.82, 2.24) is 0 Å². The van der Waals surface area contributed by atoms with Crippen LogP contribution >= 0.6 is 0 Å². The van der Waals surface area contributed by atoms with Crippen LogP contribution in [-0.2, 0) is 9.47 Å². The smallest absolute Gasteiger partial charge is 0.184 e. The third-order valence-electron chi connectivity index (χ3n) is 5.22. The third-order valence-corrected chi connectivity index (χ3v) is 5.22. The van der Waals surface area contributed by atoms with Crippen LogP contribution in [0.2, 0.25) is 0 Å². The lowest BCUT2D eigenvalue weighted by Crippen LogP contribution is -2.27. The molecule has 3 aromatic rings. The molecular weight excluding hydrogens is 401 g/mol. The molecule has 0 N–H and O–H groups in total. The van der Waals surface area contributed by atoms with Gasteiger partial charge in [0.05, 0.1) is 18.8 Å². The molecule has 31 heavy (non-hydrogen) atoms. The largest absolute Gasteiger partial charge is 0.348 e. The minimum atomic E-state index is -0.799. The van der Waals surface area contributed by atoms with Crippen LogP contribution < -0.4 is 0 Å². The number of fused-ring (bicyclic) bond motifs is 1. The predicted octanol–water partition coefficient (Wildman–Crippen LogP) is 6.28. The topological polar surface area (TPSA) is 18.5 Å². The predicted molar refractivity (Wildman–Crippen MR) is 114 cm³/mol. The standard InChI is InChI=1S/C26H21F3O2/c1-2-3-4-18-15-30-26(31-16-18)21-13-24(28)23(25(29)14-21)10-6-17-5-7-20-12-22(27)9-8-19(20)11-17/h2,5,7-9,11-14,18,26H,1,3-4,15-16H2. The molecule has 1 aliphatic heterocycles. The fraction of sp³-hybridized carbons (Fsp3) is 0.231. The van der Waals surface area contributed by atoms with E-state index in [2.05, 4.69) is 18.4 Å². The number of halogens is 3. The zero-order chi connectivity index (χ0) is 21.8. The van der Waals surface area contributed by atoms with Crippen LogP contribution in [0.5, 0.6) is 0 Å². The van der Waals surface area contributed by atoms with Gasteiger partial charge in [-0.05, 0) is 60.0 Å². The fourth-order valence-electron chi connectivity index (χ4n) is 3.53. The fourth-order valence-corrected chi connectivity index (χ4v) is 3.53. The van der Waals surface area contributed by atoms with E-state index in [-0.39, 0.29) is 22.9 Å². The molecule has 1 fully saturated rings. The van der Waals surface area contributed by atoms with Crippen LogP contribution in [0.25, 0.3) is 10.8 Å². The molecule has 0 aromatic heterocycles. The van der Waals surface area contributed by atoms with E-state index in [1.165, 1.54) is 24.3 Å². The Hall–Kier alpha value is -3.07. The Kier molecular flexibility index (Phi) is 6.41. The molecule has 4 rings (SSSR count). The Morgan fingerprint density at radius 1 is 0.903 bits per heavy atom. The van der Waals surface area contributed by atoms with Crippen molar-refractivity contribution < 1.29 is 22.6 Å². The van der Waals surface area contributed by atoms with Gasteiger partial charge in [0, 0.05) is 17.0 Å². The first-order chi connectivity index (χ1) is 15.0. The summed E-state index contributed by atoms with van der Waals surface area (Å²) in [6, 6.07) is 12.0. The molecule has 2 nitrogen and oxygen atoms in total. The van der Waals surface area contributed by atoms with E-state index >= 15 is 0 Å². The van der Waals surface area contributed by atoms with Crippen LogP contribution in [-0.4, -0.2) is 13.2 Å². The first-order valence-corrected chi connectivity index (χ1v) is 10.1. The first kappa shape index (κ1) is 21.2. The van der Waals surface area contributed by atoms with Gasteiger partial charge in [-0.2, -0.15) is 0 Å². The van der Waals surface area contributed by atoms with Gasteiger partial charge in [0.1, 0.15) is 17.5 Å².